The van der Waals surface area contributed by atoms with Crippen LogP contribution in [-0.2, 0) is 0 Å². The van der Waals surface area contributed by atoms with Gasteiger partial charge in [0.2, 0.25) is 0 Å². The monoisotopic (exact) mass is 519 g/mol. The van der Waals surface area contributed by atoms with E-state index in [4.69, 9.17) is 0 Å². The third-order valence-corrected chi connectivity index (χ3v) is 4.04. The van der Waals surface area contributed by atoms with Gasteiger partial charge in [0.15, 0.2) is 0 Å². The molecule has 5 heteroatoms. The van der Waals surface area contributed by atoms with Gasteiger partial charge in [0.25, 0.3) is 0 Å². The minimum atomic E-state index is 0. The maximum Gasteiger partial charge on any atom is 0.0659 e. The number of aromatic amines is 2. The van der Waals surface area contributed by atoms with Gasteiger partial charge in [0, 0.05) is 48.3 Å². The van der Waals surface area contributed by atoms with Crippen LogP contribution in [0.15, 0.2) is 48.5 Å². The first-order chi connectivity index (χ1) is 11.8. The molecule has 0 saturated carbocycles. The summed E-state index contributed by atoms with van der Waals surface area (Å²) in [6.07, 6.45) is 8.05. The van der Waals surface area contributed by atoms with Gasteiger partial charge in [0.1, 0.15) is 0 Å². The maximum absolute atomic E-state index is 4.62. The molecular formula is C20H14BiN4. The van der Waals surface area contributed by atoms with Crippen molar-refractivity contribution in [3.8, 4) is 0 Å². The van der Waals surface area contributed by atoms with E-state index in [2.05, 4.69) is 50.3 Å². The molecule has 5 heterocycles. The molecule has 2 N–H and O–H groups in total. The first-order valence-corrected chi connectivity index (χ1v) is 7.85. The normalized spacial score (nSPS) is 12.2. The molecule has 2 aliphatic rings. The van der Waals surface area contributed by atoms with Crippen molar-refractivity contribution in [1.29, 1.82) is 0 Å². The van der Waals surface area contributed by atoms with Crippen LogP contribution in [0.4, 0.5) is 0 Å². The molecular weight excluding hydrogens is 505 g/mol. The van der Waals surface area contributed by atoms with Gasteiger partial charge in [-0.05, 0) is 72.8 Å². The van der Waals surface area contributed by atoms with Crippen LogP contribution in [0.25, 0.3) is 46.4 Å². The smallest absolute Gasteiger partial charge is 0.0659 e. The van der Waals surface area contributed by atoms with E-state index in [9.17, 15) is 0 Å². The van der Waals surface area contributed by atoms with E-state index in [1.165, 1.54) is 0 Å². The molecule has 4 nitrogen and oxygen atoms in total. The van der Waals surface area contributed by atoms with Crippen LogP contribution in [0, 0.1) is 0 Å². The largest absolute Gasteiger partial charge is 0.355 e. The van der Waals surface area contributed by atoms with Crippen LogP contribution in [0.3, 0.4) is 0 Å². The van der Waals surface area contributed by atoms with Crippen molar-refractivity contribution >= 4 is 72.6 Å². The van der Waals surface area contributed by atoms with E-state index < -0.39 is 0 Å². The van der Waals surface area contributed by atoms with Crippen molar-refractivity contribution in [2.24, 2.45) is 0 Å². The van der Waals surface area contributed by atoms with E-state index in [1.54, 1.807) is 0 Å². The number of fused-ring (bicyclic) bond motifs is 8. The molecule has 3 radical (unpaired) electrons. The van der Waals surface area contributed by atoms with Crippen LogP contribution in [-0.4, -0.2) is 46.1 Å². The van der Waals surface area contributed by atoms with Gasteiger partial charge in [-0.15, -0.1) is 0 Å². The molecule has 2 aliphatic heterocycles. The standard InChI is InChI=1S/C20H14N4.Bi/c1-2-14-10-16-5-6-18(23-16)12-20-8-7-19(24-20)11-17-4-3-15(22-17)9-13(1)21-14;/h1-12,21-22H;. The van der Waals surface area contributed by atoms with Gasteiger partial charge < -0.3 is 9.97 Å². The number of hydrogen-bond acceptors (Lipinski definition) is 2. The molecule has 5 rings (SSSR count). The Bertz CT molecular complexity index is 1080. The number of aromatic nitrogens is 4. The van der Waals surface area contributed by atoms with Gasteiger partial charge in [-0.25, -0.2) is 9.97 Å². The van der Waals surface area contributed by atoms with Crippen LogP contribution in [0.5, 0.6) is 0 Å². The topological polar surface area (TPSA) is 57.4 Å². The molecule has 0 unspecified atom stereocenters. The molecule has 25 heavy (non-hydrogen) atoms. The Kier molecular flexibility index (Phi) is 4.10. The molecule has 0 spiro atoms. The summed E-state index contributed by atoms with van der Waals surface area (Å²) < 4.78 is 0. The average molecular weight is 519 g/mol. The van der Waals surface area contributed by atoms with Crippen molar-refractivity contribution in [1.82, 2.24) is 19.9 Å². The van der Waals surface area contributed by atoms with Crippen LogP contribution in [0.1, 0.15) is 22.8 Å². The maximum atomic E-state index is 4.62. The van der Waals surface area contributed by atoms with Gasteiger partial charge in [-0.1, -0.05) is 0 Å². The summed E-state index contributed by atoms with van der Waals surface area (Å²) in [5, 5.41) is 0. The van der Waals surface area contributed by atoms with Crippen molar-refractivity contribution in [2.45, 2.75) is 0 Å². The molecule has 3 aromatic heterocycles. The molecule has 0 atom stereocenters. The fraction of sp³-hybridized carbons (Fsp3) is 0. The minimum absolute atomic E-state index is 0. The summed E-state index contributed by atoms with van der Waals surface area (Å²) in [4.78, 5) is 16.0. The Balaban J connectivity index is 0.00000157. The van der Waals surface area contributed by atoms with Gasteiger partial charge in [-0.2, -0.15) is 0 Å². The van der Waals surface area contributed by atoms with Crippen molar-refractivity contribution in [3.63, 3.8) is 0 Å². The zero-order valence-corrected chi connectivity index (χ0v) is 16.7. The summed E-state index contributed by atoms with van der Waals surface area (Å²) >= 11 is 0. The third-order valence-electron chi connectivity index (χ3n) is 4.04. The summed E-state index contributed by atoms with van der Waals surface area (Å²) in [6.45, 7) is 0. The van der Waals surface area contributed by atoms with E-state index in [0.29, 0.717) is 0 Å². The van der Waals surface area contributed by atoms with Crippen LogP contribution < -0.4 is 0 Å². The summed E-state index contributed by atoms with van der Waals surface area (Å²) in [5.74, 6) is 0. The zero-order valence-electron chi connectivity index (χ0n) is 13.3. The molecule has 0 aromatic carbocycles. The fourth-order valence-corrected chi connectivity index (χ4v) is 2.94. The Hall–Kier alpha value is -2.52. The van der Waals surface area contributed by atoms with E-state index in [1.807, 2.05) is 42.5 Å². The van der Waals surface area contributed by atoms with Crippen molar-refractivity contribution < 1.29 is 0 Å². The number of H-pyrrole nitrogens is 2. The summed E-state index contributed by atoms with van der Waals surface area (Å²) in [5.41, 5.74) is 7.86. The number of rotatable bonds is 0. The SMILES string of the molecule is C1=Cc2cc3ccc(cc4ccc(cc5nc(cc1n2)C=C5)[nH]4)[nH]3.[Bi]. The number of nitrogens with zero attached hydrogens (tertiary/aromatic N) is 2. The Morgan fingerprint density at radius 3 is 1.28 bits per heavy atom. The second-order valence-corrected chi connectivity index (χ2v) is 5.91. The summed E-state index contributed by atoms with van der Waals surface area (Å²) in [6, 6.07) is 16.4. The number of hydrogen-bond donors (Lipinski definition) is 2. The molecule has 8 bridgehead atoms. The predicted molar refractivity (Wildman–Crippen MR) is 105 cm³/mol. The van der Waals surface area contributed by atoms with E-state index in [-0.39, 0.29) is 26.2 Å². The van der Waals surface area contributed by atoms with Crippen molar-refractivity contribution in [3.05, 3.63) is 71.3 Å². The molecule has 0 fully saturated rings. The van der Waals surface area contributed by atoms with Crippen molar-refractivity contribution in [2.75, 3.05) is 0 Å². The molecule has 0 aliphatic carbocycles. The van der Waals surface area contributed by atoms with E-state index >= 15 is 0 Å². The Morgan fingerprint density at radius 1 is 0.480 bits per heavy atom. The second kappa shape index (κ2) is 6.42. The van der Waals surface area contributed by atoms with E-state index in [0.717, 1.165) is 44.8 Å². The first kappa shape index (κ1) is 16.0. The minimum Gasteiger partial charge on any atom is -0.355 e. The molecule has 0 amide bonds. The molecule has 0 saturated heterocycles. The number of nitrogens with one attached hydrogen (secondary N) is 2. The van der Waals surface area contributed by atoms with Gasteiger partial charge >= 0.3 is 0 Å². The van der Waals surface area contributed by atoms with Crippen LogP contribution in [0.2, 0.25) is 0 Å². The van der Waals surface area contributed by atoms with Crippen LogP contribution >= 0.6 is 0 Å². The quantitative estimate of drug-likeness (QED) is 0.301. The average Bonchev–Trinajstić information content (AvgIpc) is 3.32. The molecule has 119 valence electrons. The fourth-order valence-electron chi connectivity index (χ4n) is 2.94. The van der Waals surface area contributed by atoms with Gasteiger partial charge in [0.05, 0.1) is 22.8 Å². The van der Waals surface area contributed by atoms with Gasteiger partial charge in [-0.3, -0.25) is 0 Å². The Labute approximate surface area is 163 Å². The summed E-state index contributed by atoms with van der Waals surface area (Å²) in [7, 11) is 0. The second-order valence-electron chi connectivity index (χ2n) is 5.91. The zero-order chi connectivity index (χ0) is 15.9. The first-order valence-electron chi connectivity index (χ1n) is 7.85. The Morgan fingerprint density at radius 2 is 0.840 bits per heavy atom. The predicted octanol–water partition coefficient (Wildman–Crippen LogP) is 4.27. The third kappa shape index (κ3) is 3.33. The molecule has 3 aromatic rings.